The molecule has 1 unspecified atom stereocenters. The molecule has 0 bridgehead atoms. The van der Waals surface area contributed by atoms with Crippen molar-refractivity contribution in [1.82, 2.24) is 28.9 Å². The molecule has 1 atom stereocenters. The predicted molar refractivity (Wildman–Crippen MR) is 80.2 cm³/mol. The molecule has 0 aliphatic heterocycles. The molecule has 20 heavy (non-hydrogen) atoms. The fraction of sp³-hybridized carbons (Fsp3) is 0.462. The first-order chi connectivity index (χ1) is 9.61. The minimum Gasteiger partial charge on any atom is -0.335 e. The van der Waals surface area contributed by atoms with Gasteiger partial charge >= 0.3 is 0 Å². The molecule has 6 nitrogen and oxygen atoms in total. The van der Waals surface area contributed by atoms with E-state index in [2.05, 4.69) is 38.0 Å². The largest absolute Gasteiger partial charge is 0.335 e. The Kier molecular flexibility index (Phi) is 3.21. The number of nitrogens with one attached hydrogen (secondary N) is 1. The summed E-state index contributed by atoms with van der Waals surface area (Å²) in [7, 11) is 1.96. The van der Waals surface area contributed by atoms with E-state index in [4.69, 9.17) is 12.2 Å². The summed E-state index contributed by atoms with van der Waals surface area (Å²) in [6, 6.07) is 0.227. The van der Waals surface area contributed by atoms with Crippen LogP contribution >= 0.6 is 12.2 Å². The first kappa shape index (κ1) is 13.1. The van der Waals surface area contributed by atoms with Crippen molar-refractivity contribution in [2.45, 2.75) is 32.9 Å². The summed E-state index contributed by atoms with van der Waals surface area (Å²) in [5.41, 5.74) is 3.17. The summed E-state index contributed by atoms with van der Waals surface area (Å²) in [6.45, 7) is 5.08. The fourth-order valence-electron chi connectivity index (χ4n) is 2.67. The van der Waals surface area contributed by atoms with Crippen molar-refractivity contribution < 1.29 is 0 Å². The van der Waals surface area contributed by atoms with Gasteiger partial charge < -0.3 is 9.55 Å². The van der Waals surface area contributed by atoms with E-state index < -0.39 is 0 Å². The maximum atomic E-state index is 5.49. The van der Waals surface area contributed by atoms with Gasteiger partial charge in [0.15, 0.2) is 10.4 Å². The van der Waals surface area contributed by atoms with Crippen molar-refractivity contribution >= 4 is 23.4 Å². The Morgan fingerprint density at radius 1 is 1.45 bits per heavy atom. The maximum Gasteiger partial charge on any atom is 0.179 e. The van der Waals surface area contributed by atoms with Crippen LogP contribution in [0, 0.1) is 4.77 Å². The molecule has 0 radical (unpaired) electrons. The Hall–Kier alpha value is -1.89. The standard InChI is InChI=1S/C13H18N6S/c1-4-10-11-12(17(3)16-10)19(13(20)15-11)9(2)7-18-6-5-14-8-18/h5-6,8-9H,4,7H2,1-3H3,(H,15,20). The molecule has 3 aromatic heterocycles. The normalized spacial score (nSPS) is 13.2. The van der Waals surface area contributed by atoms with Gasteiger partial charge in [-0.15, -0.1) is 0 Å². The number of aromatic amines is 1. The van der Waals surface area contributed by atoms with Crippen LogP contribution in [0.3, 0.4) is 0 Å². The SMILES string of the molecule is CCc1nn(C)c2c1[nH]c(=S)n2C(C)Cn1ccnc1. The van der Waals surface area contributed by atoms with Crippen LogP contribution in [0.25, 0.3) is 11.2 Å². The number of imidazole rings is 2. The summed E-state index contributed by atoms with van der Waals surface area (Å²) in [4.78, 5) is 7.38. The Bertz CT molecular complexity index is 776. The van der Waals surface area contributed by atoms with Crippen molar-refractivity contribution in [2.75, 3.05) is 0 Å². The van der Waals surface area contributed by atoms with Crippen LogP contribution < -0.4 is 0 Å². The molecule has 0 spiro atoms. The second kappa shape index (κ2) is 4.90. The average Bonchev–Trinajstić information content (AvgIpc) is 3.08. The summed E-state index contributed by atoms with van der Waals surface area (Å²) < 4.78 is 6.85. The van der Waals surface area contributed by atoms with Gasteiger partial charge in [0.05, 0.1) is 18.1 Å². The van der Waals surface area contributed by atoms with Crippen molar-refractivity contribution in [1.29, 1.82) is 0 Å². The molecule has 7 heteroatoms. The van der Waals surface area contributed by atoms with E-state index in [1.807, 2.05) is 24.3 Å². The Balaban J connectivity index is 2.08. The van der Waals surface area contributed by atoms with Crippen molar-refractivity contribution in [2.24, 2.45) is 7.05 Å². The highest BCUT2D eigenvalue weighted by Gasteiger charge is 2.18. The molecule has 0 aromatic carbocycles. The van der Waals surface area contributed by atoms with Crippen LogP contribution in [-0.4, -0.2) is 28.9 Å². The van der Waals surface area contributed by atoms with Gasteiger partial charge in [-0.1, -0.05) is 6.92 Å². The quantitative estimate of drug-likeness (QED) is 0.751. The first-order valence-electron chi connectivity index (χ1n) is 6.73. The smallest absolute Gasteiger partial charge is 0.179 e. The van der Waals surface area contributed by atoms with Gasteiger partial charge in [-0.2, -0.15) is 5.10 Å². The second-order valence-corrected chi connectivity index (χ2v) is 5.42. The van der Waals surface area contributed by atoms with Crippen LogP contribution in [0.15, 0.2) is 18.7 Å². The number of hydrogen-bond acceptors (Lipinski definition) is 3. The van der Waals surface area contributed by atoms with Gasteiger partial charge in [-0.05, 0) is 25.6 Å². The number of hydrogen-bond donors (Lipinski definition) is 1. The fourth-order valence-corrected chi connectivity index (χ4v) is 3.04. The average molecular weight is 290 g/mol. The topological polar surface area (TPSA) is 56.4 Å². The predicted octanol–water partition coefficient (Wildman–Crippen LogP) is 2.45. The van der Waals surface area contributed by atoms with Crippen LogP contribution in [0.2, 0.25) is 0 Å². The van der Waals surface area contributed by atoms with Crippen molar-refractivity contribution in [3.8, 4) is 0 Å². The van der Waals surface area contributed by atoms with Gasteiger partial charge in [-0.3, -0.25) is 9.25 Å². The zero-order valence-corrected chi connectivity index (χ0v) is 12.7. The monoisotopic (exact) mass is 290 g/mol. The zero-order chi connectivity index (χ0) is 14.3. The molecule has 0 saturated carbocycles. The summed E-state index contributed by atoms with van der Waals surface area (Å²) >= 11 is 5.49. The molecule has 3 heterocycles. The maximum absolute atomic E-state index is 5.49. The third kappa shape index (κ3) is 1.98. The third-order valence-electron chi connectivity index (χ3n) is 3.58. The van der Waals surface area contributed by atoms with Crippen molar-refractivity contribution in [3.05, 3.63) is 29.2 Å². The molecule has 3 rings (SSSR count). The van der Waals surface area contributed by atoms with E-state index in [0.717, 1.165) is 34.6 Å². The molecule has 106 valence electrons. The lowest BCUT2D eigenvalue weighted by Crippen LogP contribution is -2.14. The molecule has 0 aliphatic rings. The van der Waals surface area contributed by atoms with Crippen LogP contribution in [0.1, 0.15) is 25.6 Å². The number of H-pyrrole nitrogens is 1. The molecule has 3 aromatic rings. The number of rotatable bonds is 4. The molecular formula is C13H18N6S. The van der Waals surface area contributed by atoms with E-state index in [0.29, 0.717) is 0 Å². The van der Waals surface area contributed by atoms with E-state index in [-0.39, 0.29) is 6.04 Å². The summed E-state index contributed by atoms with van der Waals surface area (Å²) in [5.74, 6) is 0. The molecule has 0 amide bonds. The number of fused-ring (bicyclic) bond motifs is 1. The van der Waals surface area contributed by atoms with Gasteiger partial charge in [-0.25, -0.2) is 4.98 Å². The van der Waals surface area contributed by atoms with Crippen LogP contribution in [-0.2, 0) is 20.0 Å². The summed E-state index contributed by atoms with van der Waals surface area (Å²) in [5, 5.41) is 4.55. The van der Waals surface area contributed by atoms with Gasteiger partial charge in [0.1, 0.15) is 5.52 Å². The molecule has 0 aliphatic carbocycles. The molecule has 1 N–H and O–H groups in total. The minimum absolute atomic E-state index is 0.227. The zero-order valence-electron chi connectivity index (χ0n) is 11.9. The van der Waals surface area contributed by atoms with E-state index >= 15 is 0 Å². The lowest BCUT2D eigenvalue weighted by molar-refractivity contribution is 0.462. The van der Waals surface area contributed by atoms with Crippen LogP contribution in [0.4, 0.5) is 0 Å². The van der Waals surface area contributed by atoms with Crippen LogP contribution in [0.5, 0.6) is 0 Å². The van der Waals surface area contributed by atoms with Crippen molar-refractivity contribution in [3.63, 3.8) is 0 Å². The van der Waals surface area contributed by atoms with Gasteiger partial charge in [0, 0.05) is 26.0 Å². The highest BCUT2D eigenvalue weighted by Crippen LogP contribution is 2.22. The molecule has 0 saturated heterocycles. The second-order valence-electron chi connectivity index (χ2n) is 5.03. The third-order valence-corrected chi connectivity index (χ3v) is 3.88. The van der Waals surface area contributed by atoms with E-state index in [1.165, 1.54) is 0 Å². The number of aryl methyl sites for hydroxylation is 2. The minimum atomic E-state index is 0.227. The van der Waals surface area contributed by atoms with Gasteiger partial charge in [0.25, 0.3) is 0 Å². The van der Waals surface area contributed by atoms with E-state index in [9.17, 15) is 0 Å². The number of nitrogens with zero attached hydrogens (tertiary/aromatic N) is 5. The summed E-state index contributed by atoms with van der Waals surface area (Å²) in [6.07, 6.45) is 6.47. The lowest BCUT2D eigenvalue weighted by Gasteiger charge is -2.15. The molecule has 0 fully saturated rings. The number of aromatic nitrogens is 6. The highest BCUT2D eigenvalue weighted by molar-refractivity contribution is 7.71. The Morgan fingerprint density at radius 2 is 2.25 bits per heavy atom. The highest BCUT2D eigenvalue weighted by atomic mass is 32.1. The Labute approximate surface area is 122 Å². The molecular weight excluding hydrogens is 272 g/mol. The lowest BCUT2D eigenvalue weighted by atomic mass is 10.3. The van der Waals surface area contributed by atoms with Gasteiger partial charge in [0.2, 0.25) is 0 Å². The van der Waals surface area contributed by atoms with E-state index in [1.54, 1.807) is 6.20 Å². The first-order valence-corrected chi connectivity index (χ1v) is 7.14. The Morgan fingerprint density at radius 3 is 2.90 bits per heavy atom.